The van der Waals surface area contributed by atoms with Gasteiger partial charge in [-0.05, 0) is 50.8 Å². The van der Waals surface area contributed by atoms with Crippen LogP contribution in [0.5, 0.6) is 11.5 Å². The third-order valence-electron chi connectivity index (χ3n) is 4.88. The van der Waals surface area contributed by atoms with Crippen molar-refractivity contribution < 1.29 is 19.2 Å². The third kappa shape index (κ3) is 5.85. The molecule has 0 atom stereocenters. The van der Waals surface area contributed by atoms with Gasteiger partial charge in [-0.3, -0.25) is 19.8 Å². The molecule has 0 aliphatic rings. The molecule has 0 saturated carbocycles. The number of hydrogen-bond donors (Lipinski definition) is 0. The monoisotopic (exact) mass is 470 g/mol. The molecule has 0 aliphatic heterocycles. The van der Waals surface area contributed by atoms with Crippen LogP contribution in [0, 0.1) is 10.1 Å². The van der Waals surface area contributed by atoms with Crippen LogP contribution in [0.3, 0.4) is 0 Å². The van der Waals surface area contributed by atoms with E-state index in [0.29, 0.717) is 34.3 Å². The number of methoxy groups -OCH3 is 2. The van der Waals surface area contributed by atoms with Crippen LogP contribution in [0.15, 0.2) is 42.5 Å². The number of nitrogens with zero attached hydrogens (tertiary/aromatic N) is 4. The highest BCUT2D eigenvalue weighted by Gasteiger charge is 2.21. The molecule has 0 aliphatic carbocycles. The zero-order valence-corrected chi connectivity index (χ0v) is 19.8. The van der Waals surface area contributed by atoms with Crippen molar-refractivity contribution in [3.8, 4) is 11.5 Å². The lowest BCUT2D eigenvalue weighted by atomic mass is 10.2. The van der Waals surface area contributed by atoms with Crippen LogP contribution in [0.1, 0.15) is 12.0 Å². The summed E-state index contributed by atoms with van der Waals surface area (Å²) in [6.45, 7) is 1.26. The van der Waals surface area contributed by atoms with Gasteiger partial charge in [-0.2, -0.15) is 0 Å². The van der Waals surface area contributed by atoms with E-state index in [1.807, 2.05) is 25.1 Å². The molecule has 0 saturated heterocycles. The summed E-state index contributed by atoms with van der Waals surface area (Å²) in [4.78, 5) is 32.1. The predicted molar refractivity (Wildman–Crippen MR) is 130 cm³/mol. The number of fused-ring (bicyclic) bond motifs is 1. The molecule has 33 heavy (non-hydrogen) atoms. The number of carbonyl (C=O) groups is 1. The van der Waals surface area contributed by atoms with E-state index in [1.165, 1.54) is 29.5 Å². The Labute approximate surface area is 196 Å². The first-order chi connectivity index (χ1) is 15.8. The van der Waals surface area contributed by atoms with Gasteiger partial charge in [0.25, 0.3) is 11.6 Å². The Kier molecular flexibility index (Phi) is 7.96. The van der Waals surface area contributed by atoms with Gasteiger partial charge in [0, 0.05) is 24.8 Å². The topological polar surface area (TPSA) is 98.0 Å². The smallest absolute Gasteiger partial charge is 0.270 e. The molecule has 0 N–H and O–H groups in total. The number of anilines is 1. The molecule has 1 aromatic heterocycles. The summed E-state index contributed by atoms with van der Waals surface area (Å²) in [6, 6.07) is 9.72. The van der Waals surface area contributed by atoms with Gasteiger partial charge in [-0.1, -0.05) is 23.5 Å². The fourth-order valence-electron chi connectivity index (χ4n) is 3.23. The molecule has 0 unspecified atom stereocenters. The fourth-order valence-corrected chi connectivity index (χ4v) is 4.34. The molecular formula is C23H26N4O5S. The summed E-state index contributed by atoms with van der Waals surface area (Å²) in [6.07, 6.45) is 3.73. The molecule has 3 rings (SSSR count). The highest BCUT2D eigenvalue weighted by Crippen LogP contribution is 2.40. The van der Waals surface area contributed by atoms with E-state index in [2.05, 4.69) is 4.98 Å². The van der Waals surface area contributed by atoms with Gasteiger partial charge in [0.2, 0.25) is 0 Å². The van der Waals surface area contributed by atoms with Gasteiger partial charge in [-0.15, -0.1) is 0 Å². The van der Waals surface area contributed by atoms with Crippen LogP contribution in [0.2, 0.25) is 0 Å². The normalized spacial score (nSPS) is 11.3. The number of amides is 1. The SMILES string of the molecule is COc1ccc(OC)c2sc(N(CCCN(C)C)C(=O)C=Cc3cccc([N+](=O)[O-])c3)nc12. The lowest BCUT2D eigenvalue weighted by molar-refractivity contribution is -0.384. The standard InChI is InChI=1S/C23H26N4O5S/c1-25(2)13-6-14-26(20(28)12-9-16-7-5-8-17(15-16)27(29)30)23-24-21-18(31-3)10-11-19(32-4)22(21)33-23/h5,7-12,15H,6,13-14H2,1-4H3. The Morgan fingerprint density at radius 1 is 1.15 bits per heavy atom. The number of non-ortho nitro benzene ring substituents is 1. The highest BCUT2D eigenvalue weighted by atomic mass is 32.1. The van der Waals surface area contributed by atoms with E-state index in [-0.39, 0.29) is 11.6 Å². The quantitative estimate of drug-likeness (QED) is 0.249. The molecule has 3 aromatic rings. The number of hydrogen-bond acceptors (Lipinski definition) is 8. The molecule has 2 aromatic carbocycles. The number of benzene rings is 2. The zero-order valence-electron chi connectivity index (χ0n) is 19.0. The number of aromatic nitrogens is 1. The number of rotatable bonds is 10. The Hall–Kier alpha value is -3.50. The van der Waals surface area contributed by atoms with Crippen LogP contribution >= 0.6 is 11.3 Å². The molecule has 9 nitrogen and oxygen atoms in total. The van der Waals surface area contributed by atoms with Gasteiger partial charge < -0.3 is 14.4 Å². The molecule has 0 bridgehead atoms. The first kappa shape index (κ1) is 24.1. The number of nitro groups is 1. The van der Waals surface area contributed by atoms with Gasteiger partial charge >= 0.3 is 0 Å². The zero-order chi connectivity index (χ0) is 24.0. The van der Waals surface area contributed by atoms with Crippen LogP contribution < -0.4 is 14.4 Å². The van der Waals surface area contributed by atoms with Crippen LogP contribution in [0.4, 0.5) is 10.8 Å². The molecule has 174 valence electrons. The summed E-state index contributed by atoms with van der Waals surface area (Å²) in [7, 11) is 7.11. The van der Waals surface area contributed by atoms with E-state index >= 15 is 0 Å². The number of ether oxygens (including phenoxy) is 2. The van der Waals surface area contributed by atoms with Crippen molar-refractivity contribution >= 4 is 44.4 Å². The summed E-state index contributed by atoms with van der Waals surface area (Å²) >= 11 is 1.35. The third-order valence-corrected chi connectivity index (χ3v) is 5.98. The fraction of sp³-hybridized carbons (Fsp3) is 0.304. The lowest BCUT2D eigenvalue weighted by Gasteiger charge is -2.19. The average molecular weight is 471 g/mol. The summed E-state index contributed by atoms with van der Waals surface area (Å²) in [5.41, 5.74) is 1.17. The minimum atomic E-state index is -0.464. The van der Waals surface area contributed by atoms with Crippen LogP contribution in [-0.2, 0) is 4.79 Å². The average Bonchev–Trinajstić information content (AvgIpc) is 3.24. The maximum absolute atomic E-state index is 13.2. The van der Waals surface area contributed by atoms with E-state index in [0.717, 1.165) is 17.7 Å². The highest BCUT2D eigenvalue weighted by molar-refractivity contribution is 7.22. The maximum Gasteiger partial charge on any atom is 0.270 e. The predicted octanol–water partition coefficient (Wildman–Crippen LogP) is 4.22. The summed E-state index contributed by atoms with van der Waals surface area (Å²) in [5, 5.41) is 11.6. The number of thiazole rings is 1. The van der Waals surface area contributed by atoms with Gasteiger partial charge in [0.1, 0.15) is 21.7 Å². The number of carbonyl (C=O) groups excluding carboxylic acids is 1. The Morgan fingerprint density at radius 3 is 2.55 bits per heavy atom. The Morgan fingerprint density at radius 2 is 1.88 bits per heavy atom. The van der Waals surface area contributed by atoms with Crippen molar-refractivity contribution in [3.05, 3.63) is 58.2 Å². The largest absolute Gasteiger partial charge is 0.495 e. The van der Waals surface area contributed by atoms with Gasteiger partial charge in [0.05, 0.1) is 19.1 Å². The molecule has 0 fully saturated rings. The van der Waals surface area contributed by atoms with Crippen molar-refractivity contribution in [2.45, 2.75) is 6.42 Å². The van der Waals surface area contributed by atoms with Gasteiger partial charge in [-0.25, -0.2) is 4.98 Å². The first-order valence-corrected chi connectivity index (χ1v) is 11.1. The minimum absolute atomic E-state index is 0.0298. The molecule has 1 heterocycles. The van der Waals surface area contributed by atoms with Crippen LogP contribution in [0.25, 0.3) is 16.3 Å². The van der Waals surface area contributed by atoms with E-state index in [4.69, 9.17) is 9.47 Å². The van der Waals surface area contributed by atoms with E-state index < -0.39 is 4.92 Å². The first-order valence-electron chi connectivity index (χ1n) is 10.2. The van der Waals surface area contributed by atoms with Crippen molar-refractivity contribution in [1.82, 2.24) is 9.88 Å². The maximum atomic E-state index is 13.2. The second-order valence-electron chi connectivity index (χ2n) is 7.48. The molecule has 1 amide bonds. The molecule has 0 radical (unpaired) electrons. The number of nitro benzene ring substituents is 1. The van der Waals surface area contributed by atoms with Crippen molar-refractivity contribution in [1.29, 1.82) is 0 Å². The second-order valence-corrected chi connectivity index (χ2v) is 8.45. The van der Waals surface area contributed by atoms with Crippen molar-refractivity contribution in [2.24, 2.45) is 0 Å². The Bertz CT molecular complexity index is 1130. The van der Waals surface area contributed by atoms with Crippen LogP contribution in [-0.4, -0.2) is 62.1 Å². The van der Waals surface area contributed by atoms with E-state index in [9.17, 15) is 14.9 Å². The van der Waals surface area contributed by atoms with Gasteiger partial charge in [0.15, 0.2) is 5.13 Å². The second kappa shape index (κ2) is 10.9. The summed E-state index contributed by atoms with van der Waals surface area (Å²) < 4.78 is 11.7. The minimum Gasteiger partial charge on any atom is -0.495 e. The van der Waals surface area contributed by atoms with Crippen molar-refractivity contribution in [2.75, 3.05) is 46.3 Å². The van der Waals surface area contributed by atoms with Crippen molar-refractivity contribution in [3.63, 3.8) is 0 Å². The lowest BCUT2D eigenvalue weighted by Crippen LogP contribution is -2.32. The molecule has 10 heteroatoms. The molecule has 0 spiro atoms. The van der Waals surface area contributed by atoms with E-state index in [1.54, 1.807) is 43.4 Å². The molecular weight excluding hydrogens is 444 g/mol. The summed E-state index contributed by atoms with van der Waals surface area (Å²) in [5.74, 6) is 0.987. The Balaban J connectivity index is 1.95.